The van der Waals surface area contributed by atoms with E-state index in [2.05, 4.69) is 13.0 Å². The minimum atomic E-state index is 0.315. The molecule has 0 spiro atoms. The Morgan fingerprint density at radius 1 is 1.47 bits per heavy atom. The molecule has 2 nitrogen and oxygen atoms in total. The van der Waals surface area contributed by atoms with E-state index in [0.717, 1.165) is 25.7 Å². The van der Waals surface area contributed by atoms with Crippen molar-refractivity contribution in [1.82, 2.24) is 0 Å². The number of fused-ring (bicyclic) bond motifs is 1. The van der Waals surface area contributed by atoms with E-state index < -0.39 is 0 Å². The van der Waals surface area contributed by atoms with Gasteiger partial charge in [-0.2, -0.15) is 0 Å². The molecule has 0 bridgehead atoms. The van der Waals surface area contributed by atoms with Gasteiger partial charge in [-0.15, -0.1) is 0 Å². The Morgan fingerprint density at radius 2 is 2.33 bits per heavy atom. The molecule has 3 atom stereocenters. The number of aliphatic hydroxyl groups excluding tert-OH is 1. The van der Waals surface area contributed by atoms with Crippen molar-refractivity contribution < 1.29 is 9.84 Å². The topological polar surface area (TPSA) is 29.5 Å². The molecule has 15 heavy (non-hydrogen) atoms. The molecule has 0 aromatic heterocycles. The van der Waals surface area contributed by atoms with Crippen LogP contribution in [0.25, 0.3) is 0 Å². The first kappa shape index (κ1) is 11.2. The van der Waals surface area contributed by atoms with E-state index in [1.807, 2.05) is 0 Å². The van der Waals surface area contributed by atoms with E-state index in [0.29, 0.717) is 24.7 Å². The van der Waals surface area contributed by atoms with Crippen molar-refractivity contribution in [1.29, 1.82) is 0 Å². The molecule has 1 heterocycles. The van der Waals surface area contributed by atoms with Gasteiger partial charge in [0.2, 0.25) is 0 Å². The van der Waals surface area contributed by atoms with Crippen molar-refractivity contribution in [3.05, 3.63) is 11.6 Å². The fraction of sp³-hybridized carbons (Fsp3) is 0.846. The predicted molar refractivity (Wildman–Crippen MR) is 60.7 cm³/mol. The van der Waals surface area contributed by atoms with Crippen LogP contribution in [0.2, 0.25) is 0 Å². The quantitative estimate of drug-likeness (QED) is 0.571. The van der Waals surface area contributed by atoms with Gasteiger partial charge in [0, 0.05) is 12.5 Å². The zero-order chi connectivity index (χ0) is 10.7. The second-order valence-corrected chi connectivity index (χ2v) is 4.87. The van der Waals surface area contributed by atoms with Crippen molar-refractivity contribution in [2.45, 2.75) is 57.7 Å². The van der Waals surface area contributed by atoms with E-state index in [9.17, 15) is 0 Å². The van der Waals surface area contributed by atoms with Crippen molar-refractivity contribution in [3.8, 4) is 0 Å². The first-order chi connectivity index (χ1) is 7.31. The number of rotatable bonds is 4. The van der Waals surface area contributed by atoms with E-state index in [1.165, 1.54) is 12.8 Å². The molecule has 0 amide bonds. The van der Waals surface area contributed by atoms with Crippen molar-refractivity contribution in [2.75, 3.05) is 6.61 Å². The van der Waals surface area contributed by atoms with Gasteiger partial charge in [-0.3, -0.25) is 0 Å². The Morgan fingerprint density at radius 3 is 3.13 bits per heavy atom. The van der Waals surface area contributed by atoms with Crippen molar-refractivity contribution in [3.63, 3.8) is 0 Å². The summed E-state index contributed by atoms with van der Waals surface area (Å²) < 4.78 is 6.02. The molecule has 0 aromatic carbocycles. The lowest BCUT2D eigenvalue weighted by atomic mass is 9.86. The van der Waals surface area contributed by atoms with E-state index >= 15 is 0 Å². The Kier molecular flexibility index (Phi) is 3.81. The molecule has 1 aliphatic heterocycles. The zero-order valence-corrected chi connectivity index (χ0v) is 9.61. The normalized spacial score (nSPS) is 35.1. The van der Waals surface area contributed by atoms with Crippen LogP contribution in [0.4, 0.5) is 0 Å². The average Bonchev–Trinajstić information content (AvgIpc) is 2.65. The fourth-order valence-corrected chi connectivity index (χ4v) is 2.94. The molecule has 1 fully saturated rings. The third-order valence-corrected chi connectivity index (χ3v) is 3.64. The van der Waals surface area contributed by atoms with Crippen LogP contribution in [0.5, 0.6) is 0 Å². The van der Waals surface area contributed by atoms with Crippen LogP contribution >= 0.6 is 0 Å². The monoisotopic (exact) mass is 210 g/mol. The number of ether oxygens (including phenoxy) is 1. The molecule has 2 heteroatoms. The summed E-state index contributed by atoms with van der Waals surface area (Å²) in [6.07, 6.45) is 10.0. The molecule has 1 N–H and O–H groups in total. The summed E-state index contributed by atoms with van der Waals surface area (Å²) in [6, 6.07) is 0. The van der Waals surface area contributed by atoms with Crippen molar-refractivity contribution in [2.24, 2.45) is 5.92 Å². The molecule has 1 aliphatic carbocycles. The predicted octanol–water partition coefficient (Wildman–Crippen LogP) is 2.66. The smallest absolute Gasteiger partial charge is 0.0644 e. The molecule has 0 aromatic rings. The number of unbranched alkanes of at least 4 members (excludes halogenated alkanes) is 1. The molecular weight excluding hydrogens is 188 g/mol. The summed E-state index contributed by atoms with van der Waals surface area (Å²) >= 11 is 0. The summed E-state index contributed by atoms with van der Waals surface area (Å²) in [6.45, 7) is 2.49. The summed E-state index contributed by atoms with van der Waals surface area (Å²) in [5.41, 5.74) is 1.64. The lowest BCUT2D eigenvalue weighted by Gasteiger charge is -2.35. The maximum Gasteiger partial charge on any atom is 0.0644 e. The Bertz CT molecular complexity index is 235. The minimum absolute atomic E-state index is 0.315. The fourth-order valence-electron chi connectivity index (χ4n) is 2.94. The lowest BCUT2D eigenvalue weighted by Crippen LogP contribution is -2.34. The van der Waals surface area contributed by atoms with Gasteiger partial charge in [-0.25, -0.2) is 0 Å². The highest BCUT2D eigenvalue weighted by atomic mass is 16.5. The highest BCUT2D eigenvalue weighted by molar-refractivity contribution is 5.17. The van der Waals surface area contributed by atoms with Gasteiger partial charge in [0.25, 0.3) is 0 Å². The van der Waals surface area contributed by atoms with E-state index in [4.69, 9.17) is 9.84 Å². The van der Waals surface area contributed by atoms with Crippen LogP contribution in [0.1, 0.15) is 45.4 Å². The first-order valence-corrected chi connectivity index (χ1v) is 6.26. The van der Waals surface area contributed by atoms with Crippen LogP contribution < -0.4 is 0 Å². The molecular formula is C13H22O2. The summed E-state index contributed by atoms with van der Waals surface area (Å²) in [5, 5.41) is 8.78. The lowest BCUT2D eigenvalue weighted by molar-refractivity contribution is -0.0545. The molecule has 1 saturated heterocycles. The largest absolute Gasteiger partial charge is 0.396 e. The van der Waals surface area contributed by atoms with Crippen LogP contribution in [-0.2, 0) is 4.74 Å². The number of aliphatic hydroxyl groups is 1. The summed E-state index contributed by atoms with van der Waals surface area (Å²) in [4.78, 5) is 0. The van der Waals surface area contributed by atoms with Crippen LogP contribution in [0.15, 0.2) is 11.6 Å². The second kappa shape index (κ2) is 5.13. The molecule has 2 aliphatic rings. The maximum atomic E-state index is 8.78. The maximum absolute atomic E-state index is 8.78. The van der Waals surface area contributed by atoms with Gasteiger partial charge in [-0.1, -0.05) is 11.6 Å². The van der Waals surface area contributed by atoms with Gasteiger partial charge < -0.3 is 9.84 Å². The molecule has 86 valence electrons. The van der Waals surface area contributed by atoms with Gasteiger partial charge >= 0.3 is 0 Å². The SMILES string of the molecule is C[C@H]1CC2=CCC[C@@H]2[C@@H](CCCCO)O1. The number of hydrogen-bond donors (Lipinski definition) is 1. The highest BCUT2D eigenvalue weighted by Gasteiger charge is 2.34. The average molecular weight is 210 g/mol. The number of hydrogen-bond acceptors (Lipinski definition) is 2. The standard InChI is InChI=1S/C13H22O2/c1-10-9-11-5-4-6-12(11)13(15-10)7-2-3-8-14/h5,10,12-14H,2-4,6-9H2,1H3/t10-,12-,13+/m0/s1. The van der Waals surface area contributed by atoms with Gasteiger partial charge in [0.15, 0.2) is 0 Å². The van der Waals surface area contributed by atoms with Gasteiger partial charge in [-0.05, 0) is 45.4 Å². The van der Waals surface area contributed by atoms with Gasteiger partial charge in [0.1, 0.15) is 0 Å². The molecule has 0 unspecified atom stereocenters. The van der Waals surface area contributed by atoms with Crippen molar-refractivity contribution >= 4 is 0 Å². The second-order valence-electron chi connectivity index (χ2n) is 4.87. The third kappa shape index (κ3) is 2.61. The Balaban J connectivity index is 1.89. The van der Waals surface area contributed by atoms with E-state index in [-0.39, 0.29) is 0 Å². The number of allylic oxidation sites excluding steroid dienone is 1. The summed E-state index contributed by atoms with van der Waals surface area (Å²) in [5.74, 6) is 0.694. The minimum Gasteiger partial charge on any atom is -0.396 e. The van der Waals surface area contributed by atoms with Gasteiger partial charge in [0.05, 0.1) is 12.2 Å². The molecule has 2 rings (SSSR count). The van der Waals surface area contributed by atoms with Crippen LogP contribution in [0, 0.1) is 5.92 Å². The molecule has 0 saturated carbocycles. The van der Waals surface area contributed by atoms with E-state index in [1.54, 1.807) is 5.57 Å². The summed E-state index contributed by atoms with van der Waals surface area (Å²) in [7, 11) is 0. The highest BCUT2D eigenvalue weighted by Crippen LogP contribution is 2.39. The van der Waals surface area contributed by atoms with Crippen LogP contribution in [0.3, 0.4) is 0 Å². The molecule has 0 radical (unpaired) electrons. The zero-order valence-electron chi connectivity index (χ0n) is 9.61. The third-order valence-electron chi connectivity index (χ3n) is 3.64. The first-order valence-electron chi connectivity index (χ1n) is 6.26. The van der Waals surface area contributed by atoms with Crippen LogP contribution in [-0.4, -0.2) is 23.9 Å². The Hall–Kier alpha value is -0.340. The Labute approximate surface area is 92.3 Å².